The van der Waals surface area contributed by atoms with Crippen LogP contribution in [0.1, 0.15) is 30.3 Å². The number of nitrogens with one attached hydrogen (secondary N) is 1. The zero-order valence-corrected chi connectivity index (χ0v) is 13.5. The van der Waals surface area contributed by atoms with Gasteiger partial charge in [-0.15, -0.1) is 0 Å². The lowest BCUT2D eigenvalue weighted by Gasteiger charge is -2.22. The van der Waals surface area contributed by atoms with E-state index in [4.69, 9.17) is 0 Å². The van der Waals surface area contributed by atoms with Crippen molar-refractivity contribution >= 4 is 23.2 Å². The Balaban J connectivity index is 1.81. The minimum absolute atomic E-state index is 0.0886. The second-order valence-corrected chi connectivity index (χ2v) is 5.84. The molecule has 1 N–H and O–H groups in total. The molecule has 1 aliphatic rings. The van der Waals surface area contributed by atoms with E-state index in [1.807, 2.05) is 13.0 Å². The molecule has 7 heteroatoms. The molecule has 1 fully saturated rings. The van der Waals surface area contributed by atoms with Crippen LogP contribution in [0.2, 0.25) is 0 Å². The fraction of sp³-hybridized carbons (Fsp3) is 0.294. The fourth-order valence-electron chi connectivity index (χ4n) is 2.78. The van der Waals surface area contributed by atoms with Crippen molar-refractivity contribution in [2.24, 2.45) is 7.05 Å². The number of hydrogen-bond donors (Lipinski definition) is 1. The third-order valence-corrected chi connectivity index (χ3v) is 4.06. The normalized spacial score (nSPS) is 17.2. The van der Waals surface area contributed by atoms with Gasteiger partial charge in [-0.2, -0.15) is 5.10 Å². The van der Waals surface area contributed by atoms with Crippen molar-refractivity contribution < 1.29 is 9.59 Å². The van der Waals surface area contributed by atoms with Gasteiger partial charge in [0, 0.05) is 37.0 Å². The fourth-order valence-corrected chi connectivity index (χ4v) is 2.78. The Kier molecular flexibility index (Phi) is 4.16. The van der Waals surface area contributed by atoms with Crippen molar-refractivity contribution in [3.8, 4) is 0 Å². The molecule has 1 aliphatic heterocycles. The highest BCUT2D eigenvalue weighted by atomic mass is 16.2. The number of carbonyl (C=O) groups is 2. The monoisotopic (exact) mass is 326 g/mol. The molecule has 124 valence electrons. The molecule has 24 heavy (non-hydrogen) atoms. The van der Waals surface area contributed by atoms with Crippen LogP contribution in [0.3, 0.4) is 0 Å². The average Bonchev–Trinajstić information content (AvgIpc) is 2.89. The van der Waals surface area contributed by atoms with E-state index in [1.54, 1.807) is 23.1 Å². The summed E-state index contributed by atoms with van der Waals surface area (Å²) < 4.78 is 1.11. The topological polar surface area (TPSA) is 84.3 Å². The maximum absolute atomic E-state index is 12.3. The Morgan fingerprint density at radius 2 is 2.04 bits per heavy atom. The number of anilines is 2. The first-order valence-electron chi connectivity index (χ1n) is 7.73. The maximum Gasteiger partial charge on any atom is 0.276 e. The molecule has 0 bridgehead atoms. The lowest BCUT2D eigenvalue weighted by molar-refractivity contribution is -0.117. The number of hydrogen-bond acceptors (Lipinski definition) is 4. The van der Waals surface area contributed by atoms with Crippen LogP contribution in [0.15, 0.2) is 41.2 Å². The van der Waals surface area contributed by atoms with Gasteiger partial charge in [0.25, 0.3) is 11.5 Å². The highest BCUT2D eigenvalue weighted by Gasteiger charge is 2.28. The third kappa shape index (κ3) is 3.05. The van der Waals surface area contributed by atoms with Crippen LogP contribution in [0.25, 0.3) is 0 Å². The molecule has 2 heterocycles. The highest BCUT2D eigenvalue weighted by Crippen LogP contribution is 2.28. The van der Waals surface area contributed by atoms with Gasteiger partial charge in [0.1, 0.15) is 5.69 Å². The summed E-state index contributed by atoms with van der Waals surface area (Å²) in [6.45, 7) is 2.00. The van der Waals surface area contributed by atoms with Gasteiger partial charge in [0.05, 0.1) is 0 Å². The summed E-state index contributed by atoms with van der Waals surface area (Å²) in [6.07, 6.45) is 1.37. The van der Waals surface area contributed by atoms with Gasteiger partial charge in [-0.1, -0.05) is 6.07 Å². The molecule has 1 atom stereocenters. The van der Waals surface area contributed by atoms with Crippen molar-refractivity contribution in [3.63, 3.8) is 0 Å². The molecule has 7 nitrogen and oxygen atoms in total. The van der Waals surface area contributed by atoms with Gasteiger partial charge >= 0.3 is 0 Å². The standard InChI is InChI=1S/C17H18N4O3/c1-11-6-8-16(23)21(11)13-5-3-4-12(10-13)18-17(24)14-7-9-15(22)20(2)19-14/h3-5,7,9-11H,6,8H2,1-2H3,(H,18,24). The van der Waals surface area contributed by atoms with Crippen LogP contribution in [0, 0.1) is 0 Å². The molecule has 0 saturated carbocycles. The van der Waals surface area contributed by atoms with Crippen molar-refractivity contribution in [2.75, 3.05) is 10.2 Å². The summed E-state index contributed by atoms with van der Waals surface area (Å²) in [5.74, 6) is -0.325. The van der Waals surface area contributed by atoms with Gasteiger partial charge in [0.2, 0.25) is 5.91 Å². The summed E-state index contributed by atoms with van der Waals surface area (Å²) in [4.78, 5) is 37.4. The third-order valence-electron chi connectivity index (χ3n) is 4.06. The van der Waals surface area contributed by atoms with Crippen LogP contribution >= 0.6 is 0 Å². The molecule has 0 aliphatic carbocycles. The van der Waals surface area contributed by atoms with Gasteiger partial charge in [-0.25, -0.2) is 4.68 Å². The number of rotatable bonds is 3. The molecule has 1 aromatic carbocycles. The molecule has 2 amide bonds. The summed E-state index contributed by atoms with van der Waals surface area (Å²) >= 11 is 0. The Bertz CT molecular complexity index is 859. The minimum atomic E-state index is -0.413. The summed E-state index contributed by atoms with van der Waals surface area (Å²) in [5, 5.41) is 6.66. The zero-order valence-electron chi connectivity index (χ0n) is 13.5. The van der Waals surface area contributed by atoms with Crippen LogP contribution in [0.4, 0.5) is 11.4 Å². The maximum atomic E-state index is 12.3. The summed E-state index contributed by atoms with van der Waals surface area (Å²) in [6, 6.07) is 9.97. The zero-order chi connectivity index (χ0) is 17.3. The first kappa shape index (κ1) is 15.9. The molecular weight excluding hydrogens is 308 g/mol. The molecule has 1 saturated heterocycles. The number of nitrogens with zero attached hydrogens (tertiary/aromatic N) is 3. The Morgan fingerprint density at radius 1 is 1.25 bits per heavy atom. The lowest BCUT2D eigenvalue weighted by atomic mass is 10.2. The number of aromatic nitrogens is 2. The first-order chi connectivity index (χ1) is 11.5. The van der Waals surface area contributed by atoms with E-state index in [1.165, 1.54) is 19.2 Å². The number of aryl methyl sites for hydroxylation is 1. The number of carbonyl (C=O) groups excluding carboxylic acids is 2. The van der Waals surface area contributed by atoms with E-state index in [-0.39, 0.29) is 23.2 Å². The van der Waals surface area contributed by atoms with Gasteiger partial charge in [-0.3, -0.25) is 14.4 Å². The van der Waals surface area contributed by atoms with Crippen molar-refractivity contribution in [1.82, 2.24) is 9.78 Å². The number of benzene rings is 1. The Morgan fingerprint density at radius 3 is 2.71 bits per heavy atom. The molecule has 1 unspecified atom stereocenters. The summed E-state index contributed by atoms with van der Waals surface area (Å²) in [7, 11) is 1.49. The molecule has 2 aromatic rings. The molecule has 1 aromatic heterocycles. The van der Waals surface area contributed by atoms with Crippen LogP contribution in [0.5, 0.6) is 0 Å². The second-order valence-electron chi connectivity index (χ2n) is 5.84. The largest absolute Gasteiger partial charge is 0.321 e. The summed E-state index contributed by atoms with van der Waals surface area (Å²) in [5.41, 5.74) is 1.19. The molecule has 0 spiro atoms. The van der Waals surface area contributed by atoms with Crippen LogP contribution < -0.4 is 15.8 Å². The second kappa shape index (κ2) is 6.27. The van der Waals surface area contributed by atoms with E-state index in [0.29, 0.717) is 12.1 Å². The first-order valence-corrected chi connectivity index (χ1v) is 7.73. The molecular formula is C17H18N4O3. The minimum Gasteiger partial charge on any atom is -0.321 e. The van der Waals surface area contributed by atoms with Gasteiger partial charge < -0.3 is 10.2 Å². The van der Waals surface area contributed by atoms with E-state index in [9.17, 15) is 14.4 Å². The van der Waals surface area contributed by atoms with Crippen molar-refractivity contribution in [3.05, 3.63) is 52.4 Å². The quantitative estimate of drug-likeness (QED) is 0.927. The van der Waals surface area contributed by atoms with Crippen LogP contribution in [-0.4, -0.2) is 27.6 Å². The van der Waals surface area contributed by atoms with Gasteiger partial charge in [0.15, 0.2) is 0 Å². The average molecular weight is 326 g/mol. The van der Waals surface area contributed by atoms with Crippen molar-refractivity contribution in [1.29, 1.82) is 0 Å². The predicted molar refractivity (Wildman–Crippen MR) is 90.1 cm³/mol. The molecule has 0 radical (unpaired) electrons. The van der Waals surface area contributed by atoms with E-state index in [2.05, 4.69) is 10.4 Å². The lowest BCUT2D eigenvalue weighted by Crippen LogP contribution is -2.30. The van der Waals surface area contributed by atoms with Crippen LogP contribution in [-0.2, 0) is 11.8 Å². The van der Waals surface area contributed by atoms with Crippen molar-refractivity contribution in [2.45, 2.75) is 25.8 Å². The SMILES string of the molecule is CC1CCC(=O)N1c1cccc(NC(=O)c2ccc(=O)n(C)n2)c1. The molecule has 3 rings (SSSR count). The predicted octanol–water partition coefficient (Wildman–Crippen LogP) is 1.55. The number of amides is 2. The van der Waals surface area contributed by atoms with Gasteiger partial charge in [-0.05, 0) is 37.6 Å². The van der Waals surface area contributed by atoms with E-state index < -0.39 is 5.91 Å². The smallest absolute Gasteiger partial charge is 0.276 e. The highest BCUT2D eigenvalue weighted by molar-refractivity contribution is 6.03. The Hall–Kier alpha value is -2.96. The van der Waals surface area contributed by atoms with E-state index in [0.717, 1.165) is 16.8 Å². The van der Waals surface area contributed by atoms with E-state index >= 15 is 0 Å². The Labute approximate surface area is 138 Å².